The number of carbonyl (C=O) groups excluding carboxylic acids is 1. The fourth-order valence-corrected chi connectivity index (χ4v) is 1.69. The summed E-state index contributed by atoms with van der Waals surface area (Å²) in [5.74, 6) is -5.24. The first-order valence-corrected chi connectivity index (χ1v) is 5.46. The van der Waals surface area contributed by atoms with E-state index in [-0.39, 0.29) is 12.1 Å². The molecule has 1 heterocycles. The zero-order chi connectivity index (χ0) is 13.2. The molecule has 0 unspecified atom stereocenters. The van der Waals surface area contributed by atoms with E-state index in [1.807, 2.05) is 0 Å². The van der Waals surface area contributed by atoms with Crippen molar-refractivity contribution in [2.45, 2.75) is 12.8 Å². The lowest BCUT2D eigenvalue weighted by molar-refractivity contribution is -0.172. The van der Waals surface area contributed by atoms with Crippen molar-refractivity contribution in [1.29, 1.82) is 0 Å². The number of ether oxygens (including phenoxy) is 1. The Morgan fingerprint density at radius 1 is 1.33 bits per heavy atom. The topological polar surface area (TPSA) is 39.2 Å². The van der Waals surface area contributed by atoms with Crippen LogP contribution in [0.1, 0.15) is 12.5 Å². The van der Waals surface area contributed by atoms with Gasteiger partial charge in [0.2, 0.25) is 0 Å². The van der Waals surface area contributed by atoms with Crippen LogP contribution in [0.4, 0.5) is 8.78 Å². The fourth-order valence-electron chi connectivity index (χ4n) is 1.69. The van der Waals surface area contributed by atoms with Crippen molar-refractivity contribution in [2.75, 3.05) is 6.61 Å². The first-order valence-electron chi connectivity index (χ1n) is 5.46. The van der Waals surface area contributed by atoms with E-state index in [9.17, 15) is 13.6 Å². The Labute approximate surface area is 102 Å². The first-order chi connectivity index (χ1) is 8.57. The molecule has 0 fully saturated rings. The average Bonchev–Trinajstić information content (AvgIpc) is 2.38. The standard InChI is InChI=1S/C13H11F2NO2/c1-2-18-12(17)13(14,15)10-7-3-5-9-6-4-8-16-11(9)10/h3-8H,2H2,1H3. The molecule has 18 heavy (non-hydrogen) atoms. The number of alkyl halides is 2. The molecule has 0 radical (unpaired) electrons. The molecule has 1 aromatic carbocycles. The Balaban J connectivity index is 2.56. The number of fused-ring (bicyclic) bond motifs is 1. The highest BCUT2D eigenvalue weighted by atomic mass is 19.3. The fraction of sp³-hybridized carbons (Fsp3) is 0.231. The lowest BCUT2D eigenvalue weighted by Gasteiger charge is -2.16. The number of pyridine rings is 1. The van der Waals surface area contributed by atoms with Crippen LogP contribution in [0.2, 0.25) is 0 Å². The maximum absolute atomic E-state index is 14.0. The van der Waals surface area contributed by atoms with E-state index in [4.69, 9.17) is 0 Å². The second-order valence-electron chi connectivity index (χ2n) is 3.68. The van der Waals surface area contributed by atoms with Gasteiger partial charge in [-0.3, -0.25) is 4.98 Å². The maximum Gasteiger partial charge on any atom is 0.382 e. The molecule has 0 aliphatic heterocycles. The van der Waals surface area contributed by atoms with Crippen molar-refractivity contribution >= 4 is 16.9 Å². The molecule has 0 aliphatic rings. The van der Waals surface area contributed by atoms with E-state index >= 15 is 0 Å². The summed E-state index contributed by atoms with van der Waals surface area (Å²) in [7, 11) is 0. The summed E-state index contributed by atoms with van der Waals surface area (Å²) in [5.41, 5.74) is -0.322. The molecule has 3 nitrogen and oxygen atoms in total. The summed E-state index contributed by atoms with van der Waals surface area (Å²) in [6.07, 6.45) is 1.41. The molecule has 0 saturated carbocycles. The predicted octanol–water partition coefficient (Wildman–Crippen LogP) is 2.89. The quantitative estimate of drug-likeness (QED) is 0.787. The molecule has 0 bridgehead atoms. The number of esters is 1. The minimum Gasteiger partial charge on any atom is -0.461 e. The van der Waals surface area contributed by atoms with Crippen molar-refractivity contribution in [1.82, 2.24) is 4.98 Å². The van der Waals surface area contributed by atoms with Crippen LogP contribution in [-0.4, -0.2) is 17.6 Å². The molecule has 0 aliphatic carbocycles. The van der Waals surface area contributed by atoms with Crippen LogP contribution in [0.3, 0.4) is 0 Å². The van der Waals surface area contributed by atoms with E-state index in [1.54, 1.807) is 18.2 Å². The summed E-state index contributed by atoms with van der Waals surface area (Å²) in [6, 6.07) is 7.62. The number of halogens is 2. The number of aromatic nitrogens is 1. The molecule has 2 rings (SSSR count). The second kappa shape index (κ2) is 4.68. The van der Waals surface area contributed by atoms with Crippen molar-refractivity contribution in [3.63, 3.8) is 0 Å². The highest BCUT2D eigenvalue weighted by Crippen LogP contribution is 2.33. The predicted molar refractivity (Wildman–Crippen MR) is 62.3 cm³/mol. The van der Waals surface area contributed by atoms with Gasteiger partial charge in [-0.1, -0.05) is 24.3 Å². The summed E-state index contributed by atoms with van der Waals surface area (Å²) >= 11 is 0. The Hall–Kier alpha value is -2.04. The van der Waals surface area contributed by atoms with E-state index in [0.717, 1.165) is 0 Å². The van der Waals surface area contributed by atoms with Gasteiger partial charge in [-0.2, -0.15) is 8.78 Å². The van der Waals surface area contributed by atoms with Gasteiger partial charge in [0.1, 0.15) is 0 Å². The molecule has 1 aromatic heterocycles. The van der Waals surface area contributed by atoms with Crippen LogP contribution in [0, 0.1) is 0 Å². The van der Waals surface area contributed by atoms with Gasteiger partial charge in [-0.05, 0) is 13.0 Å². The average molecular weight is 251 g/mol. The summed E-state index contributed by atoms with van der Waals surface area (Å²) in [6.45, 7) is 1.39. The van der Waals surface area contributed by atoms with Gasteiger partial charge in [0.25, 0.3) is 0 Å². The lowest BCUT2D eigenvalue weighted by Crippen LogP contribution is -2.28. The molecule has 0 saturated heterocycles. The van der Waals surface area contributed by atoms with Gasteiger partial charge in [-0.15, -0.1) is 0 Å². The molecule has 5 heteroatoms. The molecule has 0 amide bonds. The number of benzene rings is 1. The van der Waals surface area contributed by atoms with Crippen LogP contribution in [-0.2, 0) is 15.5 Å². The maximum atomic E-state index is 14.0. The molecule has 0 spiro atoms. The molecular weight excluding hydrogens is 240 g/mol. The third-order valence-electron chi connectivity index (χ3n) is 2.50. The summed E-state index contributed by atoms with van der Waals surface area (Å²) in [4.78, 5) is 15.2. The van der Waals surface area contributed by atoms with E-state index < -0.39 is 17.5 Å². The van der Waals surface area contributed by atoms with Gasteiger partial charge in [0.05, 0.1) is 17.7 Å². The van der Waals surface area contributed by atoms with Crippen molar-refractivity contribution in [3.05, 3.63) is 42.1 Å². The van der Waals surface area contributed by atoms with E-state index in [1.165, 1.54) is 25.3 Å². The largest absolute Gasteiger partial charge is 0.461 e. The van der Waals surface area contributed by atoms with Gasteiger partial charge in [0.15, 0.2) is 0 Å². The van der Waals surface area contributed by atoms with Gasteiger partial charge in [0, 0.05) is 11.6 Å². The highest BCUT2D eigenvalue weighted by molar-refractivity contribution is 5.89. The van der Waals surface area contributed by atoms with Crippen molar-refractivity contribution < 1.29 is 18.3 Å². The molecule has 0 N–H and O–H groups in total. The Morgan fingerprint density at radius 2 is 2.06 bits per heavy atom. The smallest absolute Gasteiger partial charge is 0.382 e. The Kier molecular flexibility index (Phi) is 3.23. The van der Waals surface area contributed by atoms with Crippen LogP contribution in [0.15, 0.2) is 36.5 Å². The molecule has 0 atom stereocenters. The highest BCUT2D eigenvalue weighted by Gasteiger charge is 2.44. The van der Waals surface area contributed by atoms with Gasteiger partial charge < -0.3 is 4.74 Å². The number of para-hydroxylation sites is 1. The number of hydrogen-bond acceptors (Lipinski definition) is 3. The van der Waals surface area contributed by atoms with Crippen LogP contribution >= 0.6 is 0 Å². The molecule has 94 valence electrons. The van der Waals surface area contributed by atoms with Crippen LogP contribution < -0.4 is 0 Å². The van der Waals surface area contributed by atoms with Crippen LogP contribution in [0.25, 0.3) is 10.9 Å². The van der Waals surface area contributed by atoms with E-state index in [2.05, 4.69) is 9.72 Å². The third kappa shape index (κ3) is 2.03. The number of nitrogens with zero attached hydrogens (tertiary/aromatic N) is 1. The zero-order valence-corrected chi connectivity index (χ0v) is 9.69. The number of carbonyl (C=O) groups is 1. The minimum atomic E-state index is -3.69. The zero-order valence-electron chi connectivity index (χ0n) is 9.69. The normalized spacial score (nSPS) is 11.5. The molecule has 2 aromatic rings. The van der Waals surface area contributed by atoms with Crippen molar-refractivity contribution in [2.24, 2.45) is 0 Å². The molecular formula is C13H11F2NO2. The monoisotopic (exact) mass is 251 g/mol. The van der Waals surface area contributed by atoms with E-state index in [0.29, 0.717) is 5.39 Å². The van der Waals surface area contributed by atoms with Gasteiger partial charge >= 0.3 is 11.9 Å². The second-order valence-corrected chi connectivity index (χ2v) is 3.68. The Morgan fingerprint density at radius 3 is 2.78 bits per heavy atom. The van der Waals surface area contributed by atoms with Crippen LogP contribution in [0.5, 0.6) is 0 Å². The first kappa shape index (κ1) is 12.4. The minimum absolute atomic E-state index is 0.0907. The summed E-state index contributed by atoms with van der Waals surface area (Å²) in [5, 5.41) is 0.555. The SMILES string of the molecule is CCOC(=O)C(F)(F)c1cccc2cccnc12. The van der Waals surface area contributed by atoms with Gasteiger partial charge in [-0.25, -0.2) is 4.79 Å². The number of hydrogen-bond donors (Lipinski definition) is 0. The Bertz CT molecular complexity index is 579. The third-order valence-corrected chi connectivity index (χ3v) is 2.50. The lowest BCUT2D eigenvalue weighted by atomic mass is 10.0. The number of rotatable bonds is 3. The van der Waals surface area contributed by atoms with Crippen molar-refractivity contribution in [3.8, 4) is 0 Å². The summed E-state index contributed by atoms with van der Waals surface area (Å²) < 4.78 is 32.3.